The molecule has 0 saturated heterocycles. The number of aliphatic hydroxyl groups is 1. The molecule has 4 nitrogen and oxygen atoms in total. The van der Waals surface area contributed by atoms with E-state index in [4.69, 9.17) is 0 Å². The van der Waals surface area contributed by atoms with E-state index in [1.165, 1.54) is 0 Å². The van der Waals surface area contributed by atoms with Gasteiger partial charge in [0.1, 0.15) is 0 Å². The first-order chi connectivity index (χ1) is 7.63. The summed E-state index contributed by atoms with van der Waals surface area (Å²) in [6, 6.07) is -0.244. The molecule has 2 unspecified atom stereocenters. The minimum absolute atomic E-state index is 0.00565. The van der Waals surface area contributed by atoms with E-state index in [0.29, 0.717) is 6.54 Å². The smallest absolute Gasteiger partial charge is 0.237 e. The molecule has 0 saturated carbocycles. The van der Waals surface area contributed by atoms with Gasteiger partial charge in [-0.25, -0.2) is 0 Å². The standard InChI is InChI=1S/C13H28N2O2/c1-7-13(6,9-16)8-14-10(2)11(17)15-12(3,4)5/h10,14,16H,7-9H2,1-6H3,(H,15,17). The molecule has 0 bridgehead atoms. The highest BCUT2D eigenvalue weighted by molar-refractivity contribution is 5.81. The Morgan fingerprint density at radius 3 is 2.18 bits per heavy atom. The summed E-state index contributed by atoms with van der Waals surface area (Å²) in [5.41, 5.74) is -0.367. The van der Waals surface area contributed by atoms with Gasteiger partial charge in [-0.05, 0) is 34.1 Å². The molecule has 0 aromatic carbocycles. The van der Waals surface area contributed by atoms with Crippen molar-refractivity contribution in [3.63, 3.8) is 0 Å². The second kappa shape index (κ2) is 6.36. The SMILES string of the molecule is CCC(C)(CO)CNC(C)C(=O)NC(C)(C)C. The van der Waals surface area contributed by atoms with Crippen LogP contribution in [0.15, 0.2) is 0 Å². The van der Waals surface area contributed by atoms with Crippen LogP contribution >= 0.6 is 0 Å². The molecule has 4 heteroatoms. The summed E-state index contributed by atoms with van der Waals surface area (Å²) in [5.74, 6) is -0.00565. The highest BCUT2D eigenvalue weighted by Crippen LogP contribution is 2.18. The Morgan fingerprint density at radius 1 is 1.29 bits per heavy atom. The van der Waals surface area contributed by atoms with E-state index in [1.54, 1.807) is 0 Å². The van der Waals surface area contributed by atoms with Crippen molar-refractivity contribution in [2.75, 3.05) is 13.2 Å². The van der Waals surface area contributed by atoms with E-state index in [9.17, 15) is 9.90 Å². The fourth-order valence-electron chi connectivity index (χ4n) is 1.26. The van der Waals surface area contributed by atoms with Crippen LogP contribution in [0.1, 0.15) is 48.0 Å². The van der Waals surface area contributed by atoms with Crippen LogP contribution in [0, 0.1) is 5.41 Å². The maximum atomic E-state index is 11.8. The first kappa shape index (κ1) is 16.4. The summed E-state index contributed by atoms with van der Waals surface area (Å²) < 4.78 is 0. The second-order valence-electron chi connectivity index (χ2n) is 6.16. The predicted octanol–water partition coefficient (Wildman–Crippen LogP) is 1.29. The molecule has 0 aliphatic heterocycles. The third-order valence-corrected chi connectivity index (χ3v) is 2.96. The van der Waals surface area contributed by atoms with E-state index in [2.05, 4.69) is 10.6 Å². The van der Waals surface area contributed by atoms with E-state index in [1.807, 2.05) is 41.5 Å². The fraction of sp³-hybridized carbons (Fsp3) is 0.923. The van der Waals surface area contributed by atoms with Crippen molar-refractivity contribution >= 4 is 5.91 Å². The summed E-state index contributed by atoms with van der Waals surface area (Å²) in [7, 11) is 0. The van der Waals surface area contributed by atoms with Crippen molar-refractivity contribution in [2.24, 2.45) is 5.41 Å². The van der Waals surface area contributed by atoms with Gasteiger partial charge in [0.2, 0.25) is 5.91 Å². The number of rotatable bonds is 6. The molecule has 0 aromatic rings. The number of aliphatic hydroxyl groups excluding tert-OH is 1. The Morgan fingerprint density at radius 2 is 1.82 bits per heavy atom. The monoisotopic (exact) mass is 244 g/mol. The Bertz CT molecular complexity index is 242. The summed E-state index contributed by atoms with van der Waals surface area (Å²) in [5, 5.41) is 15.4. The van der Waals surface area contributed by atoms with Crippen LogP contribution in [0.5, 0.6) is 0 Å². The molecule has 0 spiro atoms. The quantitative estimate of drug-likeness (QED) is 0.660. The maximum Gasteiger partial charge on any atom is 0.237 e. The van der Waals surface area contributed by atoms with Gasteiger partial charge in [-0.1, -0.05) is 13.8 Å². The van der Waals surface area contributed by atoms with E-state index < -0.39 is 0 Å². The van der Waals surface area contributed by atoms with Crippen LogP contribution in [0.2, 0.25) is 0 Å². The van der Waals surface area contributed by atoms with Crippen molar-refractivity contribution in [1.82, 2.24) is 10.6 Å². The average Bonchev–Trinajstić information content (AvgIpc) is 2.23. The number of amides is 1. The van der Waals surface area contributed by atoms with Crippen LogP contribution in [0.25, 0.3) is 0 Å². The topological polar surface area (TPSA) is 61.4 Å². The molecule has 0 rings (SSSR count). The van der Waals surface area contributed by atoms with Crippen molar-refractivity contribution in [3.8, 4) is 0 Å². The molecule has 102 valence electrons. The van der Waals surface area contributed by atoms with Crippen molar-refractivity contribution in [1.29, 1.82) is 0 Å². The zero-order chi connectivity index (χ0) is 13.7. The number of nitrogens with one attached hydrogen (secondary N) is 2. The van der Waals surface area contributed by atoms with Gasteiger partial charge in [0.15, 0.2) is 0 Å². The van der Waals surface area contributed by atoms with Crippen LogP contribution in [-0.4, -0.2) is 35.7 Å². The summed E-state index contributed by atoms with van der Waals surface area (Å²) >= 11 is 0. The summed E-state index contributed by atoms with van der Waals surface area (Å²) in [6.07, 6.45) is 0.879. The van der Waals surface area contributed by atoms with Gasteiger partial charge < -0.3 is 15.7 Å². The average molecular weight is 244 g/mol. The molecule has 0 aliphatic rings. The first-order valence-electron chi connectivity index (χ1n) is 6.30. The zero-order valence-corrected chi connectivity index (χ0v) is 12.1. The second-order valence-corrected chi connectivity index (χ2v) is 6.16. The Labute approximate surface area is 105 Å². The number of hydrogen-bond acceptors (Lipinski definition) is 3. The minimum Gasteiger partial charge on any atom is -0.396 e. The molecule has 0 aromatic heterocycles. The van der Waals surface area contributed by atoms with Gasteiger partial charge in [-0.2, -0.15) is 0 Å². The van der Waals surface area contributed by atoms with Gasteiger partial charge in [0.05, 0.1) is 6.04 Å². The minimum atomic E-state index is -0.244. The molecule has 0 fully saturated rings. The molecular formula is C13H28N2O2. The number of carbonyl (C=O) groups is 1. The zero-order valence-electron chi connectivity index (χ0n) is 12.1. The lowest BCUT2D eigenvalue weighted by atomic mass is 9.88. The lowest BCUT2D eigenvalue weighted by molar-refractivity contribution is -0.124. The van der Waals surface area contributed by atoms with Crippen molar-refractivity contribution < 1.29 is 9.90 Å². The molecule has 1 amide bonds. The Balaban J connectivity index is 4.18. The number of hydrogen-bond donors (Lipinski definition) is 3. The van der Waals surface area contributed by atoms with Gasteiger partial charge >= 0.3 is 0 Å². The number of carbonyl (C=O) groups excluding carboxylic acids is 1. The van der Waals surface area contributed by atoms with Crippen LogP contribution < -0.4 is 10.6 Å². The molecular weight excluding hydrogens is 216 g/mol. The first-order valence-corrected chi connectivity index (χ1v) is 6.30. The predicted molar refractivity (Wildman–Crippen MR) is 70.8 cm³/mol. The Hall–Kier alpha value is -0.610. The van der Waals surface area contributed by atoms with Gasteiger partial charge in [-0.15, -0.1) is 0 Å². The van der Waals surface area contributed by atoms with Crippen molar-refractivity contribution in [2.45, 2.75) is 59.5 Å². The van der Waals surface area contributed by atoms with Gasteiger partial charge in [0, 0.05) is 24.1 Å². The molecule has 0 aliphatic carbocycles. The van der Waals surface area contributed by atoms with Crippen LogP contribution in [0.3, 0.4) is 0 Å². The molecule has 3 N–H and O–H groups in total. The highest BCUT2D eigenvalue weighted by atomic mass is 16.3. The highest BCUT2D eigenvalue weighted by Gasteiger charge is 2.24. The Kier molecular flexibility index (Phi) is 6.13. The normalized spacial score (nSPS) is 17.4. The van der Waals surface area contributed by atoms with Crippen LogP contribution in [0.4, 0.5) is 0 Å². The van der Waals surface area contributed by atoms with Gasteiger partial charge in [-0.3, -0.25) is 4.79 Å². The molecule has 2 atom stereocenters. The summed E-state index contributed by atoms with van der Waals surface area (Å²) in [6.45, 7) is 12.5. The lowest BCUT2D eigenvalue weighted by Crippen LogP contribution is -2.51. The third kappa shape index (κ3) is 6.64. The van der Waals surface area contributed by atoms with Crippen LogP contribution in [-0.2, 0) is 4.79 Å². The van der Waals surface area contributed by atoms with Crippen molar-refractivity contribution in [3.05, 3.63) is 0 Å². The fourth-order valence-corrected chi connectivity index (χ4v) is 1.26. The van der Waals surface area contributed by atoms with E-state index >= 15 is 0 Å². The third-order valence-electron chi connectivity index (χ3n) is 2.96. The maximum absolute atomic E-state index is 11.8. The lowest BCUT2D eigenvalue weighted by Gasteiger charge is -2.29. The molecule has 0 radical (unpaired) electrons. The molecule has 17 heavy (non-hydrogen) atoms. The van der Waals surface area contributed by atoms with Gasteiger partial charge in [0.25, 0.3) is 0 Å². The van der Waals surface area contributed by atoms with E-state index in [-0.39, 0.29) is 29.5 Å². The molecule has 0 heterocycles. The van der Waals surface area contributed by atoms with E-state index in [0.717, 1.165) is 6.42 Å². The summed E-state index contributed by atoms with van der Waals surface area (Å²) in [4.78, 5) is 11.8. The largest absolute Gasteiger partial charge is 0.396 e.